The molecule has 0 saturated heterocycles. The Morgan fingerprint density at radius 3 is 2.36 bits per heavy atom. The molecule has 3 aromatic rings. The van der Waals surface area contributed by atoms with E-state index in [-0.39, 0.29) is 12.2 Å². The lowest BCUT2D eigenvalue weighted by molar-refractivity contribution is -0.147. The summed E-state index contributed by atoms with van der Waals surface area (Å²) in [5.74, 6) is -1.11. The van der Waals surface area contributed by atoms with Crippen LogP contribution in [0, 0.1) is 0 Å². The second-order valence-electron chi connectivity index (χ2n) is 6.20. The average Bonchev–Trinajstić information content (AvgIpc) is 2.94. The molecule has 0 unspecified atom stereocenters. The van der Waals surface area contributed by atoms with Crippen molar-refractivity contribution >= 4 is 44.5 Å². The molecule has 0 atom stereocenters. The summed E-state index contributed by atoms with van der Waals surface area (Å²) in [7, 11) is 0. The van der Waals surface area contributed by atoms with Gasteiger partial charge in [-0.2, -0.15) is 0 Å². The van der Waals surface area contributed by atoms with Crippen LogP contribution >= 0.6 is 15.9 Å². The molecule has 28 heavy (non-hydrogen) atoms. The number of hydrogen-bond acceptors (Lipinski definition) is 4. The molecule has 0 spiro atoms. The number of aromatic nitrogens is 2. The highest BCUT2D eigenvalue weighted by atomic mass is 79.9. The van der Waals surface area contributed by atoms with Gasteiger partial charge in [0.15, 0.2) is 6.61 Å². The third kappa shape index (κ3) is 4.33. The Labute approximate surface area is 170 Å². The van der Waals surface area contributed by atoms with Crippen molar-refractivity contribution in [1.82, 2.24) is 9.13 Å². The zero-order chi connectivity index (χ0) is 20.1. The van der Waals surface area contributed by atoms with E-state index in [1.165, 1.54) is 4.57 Å². The lowest BCUT2D eigenvalue weighted by Gasteiger charge is -2.08. The van der Waals surface area contributed by atoms with Crippen LogP contribution in [0.4, 0.5) is 5.69 Å². The van der Waals surface area contributed by atoms with Gasteiger partial charge in [0, 0.05) is 11.0 Å². The standard InChI is InChI=1S/C20H20BrN3O4/c1-2-11-23-16-9-5-6-10-17(16)24(20(23)27)12-19(26)28-13-18(25)22-15-8-4-3-7-14(15)21/h3-10H,2,11-13H2,1H3,(H,22,25). The van der Waals surface area contributed by atoms with Crippen LogP contribution < -0.4 is 11.0 Å². The summed E-state index contributed by atoms with van der Waals surface area (Å²) in [6, 6.07) is 14.4. The Bertz CT molecular complexity index is 1070. The summed E-state index contributed by atoms with van der Waals surface area (Å²) >= 11 is 3.33. The van der Waals surface area contributed by atoms with Crippen LogP contribution in [0.3, 0.4) is 0 Å². The monoisotopic (exact) mass is 445 g/mol. The summed E-state index contributed by atoms with van der Waals surface area (Å²) < 4.78 is 8.80. The first-order chi connectivity index (χ1) is 13.5. The number of aryl methyl sites for hydroxylation is 1. The molecule has 0 saturated carbocycles. The molecule has 0 radical (unpaired) electrons. The molecular formula is C20H20BrN3O4. The molecule has 7 nitrogen and oxygen atoms in total. The number of nitrogens with one attached hydrogen (secondary N) is 1. The molecular weight excluding hydrogens is 426 g/mol. The highest BCUT2D eigenvalue weighted by Gasteiger charge is 2.16. The predicted octanol–water partition coefficient (Wildman–Crippen LogP) is 3.16. The van der Waals surface area contributed by atoms with E-state index in [1.807, 2.05) is 31.2 Å². The molecule has 0 aliphatic heterocycles. The molecule has 0 aliphatic carbocycles. The minimum atomic E-state index is -0.649. The van der Waals surface area contributed by atoms with Crippen LogP contribution in [0.5, 0.6) is 0 Å². The number of halogens is 1. The van der Waals surface area contributed by atoms with Crippen LogP contribution in [0.1, 0.15) is 13.3 Å². The van der Waals surface area contributed by atoms with E-state index in [2.05, 4.69) is 21.2 Å². The maximum absolute atomic E-state index is 12.7. The van der Waals surface area contributed by atoms with Crippen molar-refractivity contribution in [2.45, 2.75) is 26.4 Å². The van der Waals surface area contributed by atoms with Crippen molar-refractivity contribution in [2.24, 2.45) is 0 Å². The van der Waals surface area contributed by atoms with Crippen LogP contribution in [0.2, 0.25) is 0 Å². The fourth-order valence-electron chi connectivity index (χ4n) is 2.93. The molecule has 0 aliphatic rings. The topological polar surface area (TPSA) is 82.3 Å². The molecule has 3 rings (SSSR count). The molecule has 0 bridgehead atoms. The lowest BCUT2D eigenvalue weighted by atomic mass is 10.3. The maximum atomic E-state index is 12.7. The minimum absolute atomic E-state index is 0.252. The van der Waals surface area contributed by atoms with Gasteiger partial charge in [-0.1, -0.05) is 31.2 Å². The van der Waals surface area contributed by atoms with E-state index >= 15 is 0 Å². The van der Waals surface area contributed by atoms with E-state index < -0.39 is 18.5 Å². The Hall–Kier alpha value is -2.87. The zero-order valence-corrected chi connectivity index (χ0v) is 16.9. The third-order valence-corrected chi connectivity index (χ3v) is 4.86. The number of rotatable bonds is 7. The number of para-hydroxylation sites is 3. The molecule has 1 amide bonds. The SMILES string of the molecule is CCCn1c(=O)n(CC(=O)OCC(=O)Nc2ccccc2Br)c2ccccc21. The number of carbonyl (C=O) groups is 2. The largest absolute Gasteiger partial charge is 0.454 e. The number of imidazole rings is 1. The molecule has 2 aromatic carbocycles. The normalized spacial score (nSPS) is 10.8. The second-order valence-corrected chi connectivity index (χ2v) is 7.05. The Balaban J connectivity index is 1.67. The summed E-state index contributed by atoms with van der Waals surface area (Å²) in [5.41, 5.74) is 1.75. The van der Waals surface area contributed by atoms with Gasteiger partial charge in [0.2, 0.25) is 0 Å². The fraction of sp³-hybridized carbons (Fsp3) is 0.250. The van der Waals surface area contributed by atoms with Gasteiger partial charge in [-0.25, -0.2) is 4.79 Å². The highest BCUT2D eigenvalue weighted by molar-refractivity contribution is 9.10. The van der Waals surface area contributed by atoms with E-state index in [0.717, 1.165) is 16.4 Å². The molecule has 0 fully saturated rings. The highest BCUT2D eigenvalue weighted by Crippen LogP contribution is 2.21. The quantitative estimate of drug-likeness (QED) is 0.566. The Kier molecular flexibility index (Phi) is 6.30. The first-order valence-electron chi connectivity index (χ1n) is 8.89. The van der Waals surface area contributed by atoms with Crippen molar-refractivity contribution in [3.63, 3.8) is 0 Å². The molecule has 146 valence electrons. The maximum Gasteiger partial charge on any atom is 0.329 e. The summed E-state index contributed by atoms with van der Waals surface area (Å²) in [6.45, 7) is 1.87. The first kappa shape index (κ1) is 19.9. The zero-order valence-electron chi connectivity index (χ0n) is 15.4. The second kappa shape index (κ2) is 8.88. The van der Waals surface area contributed by atoms with Crippen LogP contribution in [-0.2, 0) is 27.4 Å². The van der Waals surface area contributed by atoms with E-state index in [9.17, 15) is 14.4 Å². The van der Waals surface area contributed by atoms with Crippen LogP contribution in [0.25, 0.3) is 11.0 Å². The number of fused-ring (bicyclic) bond motifs is 1. The fourth-order valence-corrected chi connectivity index (χ4v) is 3.32. The molecule has 1 N–H and O–H groups in total. The van der Waals surface area contributed by atoms with E-state index in [1.54, 1.807) is 28.8 Å². The van der Waals surface area contributed by atoms with Crippen molar-refractivity contribution in [2.75, 3.05) is 11.9 Å². The van der Waals surface area contributed by atoms with Crippen molar-refractivity contribution < 1.29 is 14.3 Å². The average molecular weight is 446 g/mol. The number of amides is 1. The van der Waals surface area contributed by atoms with Gasteiger partial charge in [-0.05, 0) is 46.6 Å². The van der Waals surface area contributed by atoms with Crippen molar-refractivity contribution in [1.29, 1.82) is 0 Å². The van der Waals surface area contributed by atoms with E-state index in [4.69, 9.17) is 4.74 Å². The van der Waals surface area contributed by atoms with Gasteiger partial charge < -0.3 is 10.1 Å². The molecule has 1 heterocycles. The van der Waals surface area contributed by atoms with Crippen molar-refractivity contribution in [3.05, 3.63) is 63.5 Å². The van der Waals surface area contributed by atoms with Crippen LogP contribution in [-0.4, -0.2) is 27.6 Å². The van der Waals surface area contributed by atoms with Gasteiger partial charge in [0.25, 0.3) is 5.91 Å². The smallest absolute Gasteiger partial charge is 0.329 e. The summed E-state index contributed by atoms with van der Waals surface area (Å²) in [6.07, 6.45) is 0.799. The number of hydrogen-bond donors (Lipinski definition) is 1. The van der Waals surface area contributed by atoms with Crippen molar-refractivity contribution in [3.8, 4) is 0 Å². The minimum Gasteiger partial charge on any atom is -0.454 e. The lowest BCUT2D eigenvalue weighted by Crippen LogP contribution is -2.29. The number of esters is 1. The number of anilines is 1. The van der Waals surface area contributed by atoms with E-state index in [0.29, 0.717) is 17.7 Å². The van der Waals surface area contributed by atoms with Gasteiger partial charge in [-0.3, -0.25) is 18.7 Å². The number of ether oxygens (including phenoxy) is 1. The Morgan fingerprint density at radius 1 is 1.04 bits per heavy atom. The molecule has 1 aromatic heterocycles. The summed E-state index contributed by atoms with van der Waals surface area (Å²) in [5, 5.41) is 2.66. The third-order valence-electron chi connectivity index (χ3n) is 4.17. The number of nitrogens with zero attached hydrogens (tertiary/aromatic N) is 2. The van der Waals surface area contributed by atoms with Gasteiger partial charge in [0.1, 0.15) is 6.54 Å². The number of carbonyl (C=O) groups excluding carboxylic acids is 2. The molecule has 8 heteroatoms. The number of benzene rings is 2. The first-order valence-corrected chi connectivity index (χ1v) is 9.68. The predicted molar refractivity (Wildman–Crippen MR) is 110 cm³/mol. The van der Waals surface area contributed by atoms with Gasteiger partial charge >= 0.3 is 11.7 Å². The van der Waals surface area contributed by atoms with Gasteiger partial charge in [0.05, 0.1) is 16.7 Å². The Morgan fingerprint density at radius 2 is 1.68 bits per heavy atom. The van der Waals surface area contributed by atoms with Gasteiger partial charge in [-0.15, -0.1) is 0 Å². The van der Waals surface area contributed by atoms with Crippen LogP contribution in [0.15, 0.2) is 57.8 Å². The summed E-state index contributed by atoms with van der Waals surface area (Å²) in [4.78, 5) is 36.9.